The Bertz CT molecular complexity index is 581. The van der Waals surface area contributed by atoms with E-state index in [1.807, 2.05) is 0 Å². The Morgan fingerprint density at radius 2 is 2.00 bits per heavy atom. The summed E-state index contributed by atoms with van der Waals surface area (Å²) >= 11 is 0. The molecular weight excluding hydrogens is 316 g/mol. The zero-order chi connectivity index (χ0) is 16.8. The lowest BCUT2D eigenvalue weighted by Gasteiger charge is -2.34. The molecule has 130 valence electrons. The first-order valence-corrected chi connectivity index (χ1v) is 9.36. The van der Waals surface area contributed by atoms with E-state index in [1.165, 1.54) is 0 Å². The lowest BCUT2D eigenvalue weighted by atomic mass is 9.83. The summed E-state index contributed by atoms with van der Waals surface area (Å²) in [6.07, 6.45) is 2.10. The minimum Gasteiger partial charge on any atom is -0.491 e. The smallest absolute Gasteiger partial charge is 0.240 e. The van der Waals surface area contributed by atoms with Crippen molar-refractivity contribution >= 4 is 10.0 Å². The van der Waals surface area contributed by atoms with Crippen molar-refractivity contribution in [3.05, 3.63) is 24.3 Å². The molecule has 1 fully saturated rings. The standard InChI is InChI=1S/C16H26N2O4S/c1-16(8-3-9-17-12-16)13-18-23(19,20)15-6-4-14(5-7-15)22-11-10-21-2/h4-7,17-18H,3,8-13H2,1-2H3. The fourth-order valence-electron chi connectivity index (χ4n) is 2.58. The average Bonchev–Trinajstić information content (AvgIpc) is 2.55. The van der Waals surface area contributed by atoms with E-state index in [4.69, 9.17) is 9.47 Å². The van der Waals surface area contributed by atoms with Crippen LogP contribution in [0.15, 0.2) is 29.2 Å². The predicted octanol–water partition coefficient (Wildman–Crippen LogP) is 1.38. The van der Waals surface area contributed by atoms with Crippen LogP contribution in [0, 0.1) is 5.41 Å². The van der Waals surface area contributed by atoms with Crippen LogP contribution >= 0.6 is 0 Å². The van der Waals surface area contributed by atoms with Gasteiger partial charge in [0.15, 0.2) is 0 Å². The zero-order valence-electron chi connectivity index (χ0n) is 13.8. The van der Waals surface area contributed by atoms with Gasteiger partial charge in [-0.3, -0.25) is 0 Å². The van der Waals surface area contributed by atoms with Crippen LogP contribution < -0.4 is 14.8 Å². The number of benzene rings is 1. The van der Waals surface area contributed by atoms with Gasteiger partial charge in [0.05, 0.1) is 11.5 Å². The summed E-state index contributed by atoms with van der Waals surface area (Å²) in [7, 11) is -1.89. The largest absolute Gasteiger partial charge is 0.491 e. The van der Waals surface area contributed by atoms with Gasteiger partial charge in [0.25, 0.3) is 0 Å². The molecule has 1 aliphatic heterocycles. The third-order valence-electron chi connectivity index (χ3n) is 4.06. The Hall–Kier alpha value is -1.15. The van der Waals surface area contributed by atoms with E-state index < -0.39 is 10.0 Å². The molecule has 1 unspecified atom stereocenters. The maximum atomic E-state index is 12.4. The van der Waals surface area contributed by atoms with E-state index in [0.29, 0.717) is 25.5 Å². The maximum Gasteiger partial charge on any atom is 0.240 e. The number of methoxy groups -OCH3 is 1. The number of sulfonamides is 1. The monoisotopic (exact) mass is 342 g/mol. The molecule has 0 amide bonds. The molecule has 2 rings (SSSR count). The molecule has 0 spiro atoms. The first kappa shape index (κ1) is 18.2. The van der Waals surface area contributed by atoms with E-state index in [2.05, 4.69) is 17.0 Å². The highest BCUT2D eigenvalue weighted by atomic mass is 32.2. The molecule has 1 aromatic rings. The van der Waals surface area contributed by atoms with Crippen molar-refractivity contribution in [2.75, 3.05) is 40.0 Å². The summed E-state index contributed by atoms with van der Waals surface area (Å²) in [5.74, 6) is 0.629. The Kier molecular flexibility index (Phi) is 6.41. The second-order valence-electron chi connectivity index (χ2n) is 6.23. The van der Waals surface area contributed by atoms with Gasteiger partial charge < -0.3 is 14.8 Å². The van der Waals surface area contributed by atoms with Crippen LogP contribution in [0.2, 0.25) is 0 Å². The van der Waals surface area contributed by atoms with E-state index in [-0.39, 0.29) is 10.3 Å². The summed E-state index contributed by atoms with van der Waals surface area (Å²) in [4.78, 5) is 0.254. The van der Waals surface area contributed by atoms with Gasteiger partial charge in [0.1, 0.15) is 12.4 Å². The highest BCUT2D eigenvalue weighted by Crippen LogP contribution is 2.25. The number of nitrogens with one attached hydrogen (secondary N) is 2. The Morgan fingerprint density at radius 3 is 2.61 bits per heavy atom. The van der Waals surface area contributed by atoms with E-state index in [9.17, 15) is 8.42 Å². The van der Waals surface area contributed by atoms with Gasteiger partial charge in [0, 0.05) is 20.2 Å². The third-order valence-corrected chi connectivity index (χ3v) is 5.48. The molecule has 7 heteroatoms. The first-order chi connectivity index (χ1) is 11.0. The van der Waals surface area contributed by atoms with Crippen LogP contribution in [0.1, 0.15) is 19.8 Å². The first-order valence-electron chi connectivity index (χ1n) is 7.87. The van der Waals surface area contributed by atoms with Gasteiger partial charge in [-0.25, -0.2) is 13.1 Å². The van der Waals surface area contributed by atoms with Gasteiger partial charge >= 0.3 is 0 Å². The van der Waals surface area contributed by atoms with Crippen molar-refractivity contribution in [1.82, 2.24) is 10.0 Å². The van der Waals surface area contributed by atoms with E-state index in [0.717, 1.165) is 25.9 Å². The van der Waals surface area contributed by atoms with E-state index in [1.54, 1.807) is 31.4 Å². The van der Waals surface area contributed by atoms with Crippen molar-refractivity contribution < 1.29 is 17.9 Å². The molecule has 6 nitrogen and oxygen atoms in total. The highest BCUT2D eigenvalue weighted by Gasteiger charge is 2.28. The molecule has 0 bridgehead atoms. The van der Waals surface area contributed by atoms with Crippen LogP contribution in [-0.2, 0) is 14.8 Å². The summed E-state index contributed by atoms with van der Waals surface area (Å²) < 4.78 is 37.9. The van der Waals surface area contributed by atoms with E-state index >= 15 is 0 Å². The van der Waals surface area contributed by atoms with Crippen molar-refractivity contribution in [3.8, 4) is 5.75 Å². The molecule has 1 aromatic carbocycles. The Morgan fingerprint density at radius 1 is 1.26 bits per heavy atom. The normalized spacial score (nSPS) is 22.0. The molecule has 0 radical (unpaired) electrons. The SMILES string of the molecule is COCCOc1ccc(S(=O)(=O)NCC2(C)CCCNC2)cc1. The Labute approximate surface area is 138 Å². The Balaban J connectivity index is 1.93. The molecule has 1 aliphatic rings. The van der Waals surface area contributed by atoms with Gasteiger partial charge in [-0.1, -0.05) is 6.92 Å². The predicted molar refractivity (Wildman–Crippen MR) is 89.2 cm³/mol. The van der Waals surface area contributed by atoms with Gasteiger partial charge in [-0.2, -0.15) is 0 Å². The number of hydrogen-bond acceptors (Lipinski definition) is 5. The number of rotatable bonds is 8. The number of ether oxygens (including phenoxy) is 2. The summed E-state index contributed by atoms with van der Waals surface area (Å²) in [5.41, 5.74) is -0.0332. The van der Waals surface area contributed by atoms with Gasteiger partial charge in [-0.15, -0.1) is 0 Å². The fourth-order valence-corrected chi connectivity index (χ4v) is 3.78. The topological polar surface area (TPSA) is 76.7 Å². The van der Waals surface area contributed by atoms with Crippen LogP contribution in [0.3, 0.4) is 0 Å². The molecule has 0 aliphatic carbocycles. The third kappa shape index (κ3) is 5.46. The van der Waals surface area contributed by atoms with Crippen LogP contribution in [0.4, 0.5) is 0 Å². The molecule has 1 saturated heterocycles. The summed E-state index contributed by atoms with van der Waals surface area (Å²) in [5, 5.41) is 3.32. The average molecular weight is 342 g/mol. The quantitative estimate of drug-likeness (QED) is 0.698. The highest BCUT2D eigenvalue weighted by molar-refractivity contribution is 7.89. The maximum absolute atomic E-state index is 12.4. The summed E-state index contributed by atoms with van der Waals surface area (Å²) in [6, 6.07) is 6.44. The molecule has 0 aromatic heterocycles. The lowest BCUT2D eigenvalue weighted by Crippen LogP contribution is -2.45. The lowest BCUT2D eigenvalue weighted by molar-refractivity contribution is 0.146. The number of hydrogen-bond donors (Lipinski definition) is 2. The van der Waals surface area contributed by atoms with Gasteiger partial charge in [0.2, 0.25) is 10.0 Å². The molecule has 0 saturated carbocycles. The minimum absolute atomic E-state index is 0.0332. The summed E-state index contributed by atoms with van der Waals surface area (Å²) in [6.45, 7) is 5.32. The zero-order valence-corrected chi connectivity index (χ0v) is 14.6. The second-order valence-corrected chi connectivity index (χ2v) is 8.00. The van der Waals surface area contributed by atoms with Crippen LogP contribution in [0.5, 0.6) is 5.75 Å². The van der Waals surface area contributed by atoms with Gasteiger partial charge in [-0.05, 0) is 49.1 Å². The fraction of sp³-hybridized carbons (Fsp3) is 0.625. The minimum atomic E-state index is -3.50. The molecule has 23 heavy (non-hydrogen) atoms. The van der Waals surface area contributed by atoms with Crippen molar-refractivity contribution in [2.45, 2.75) is 24.7 Å². The number of piperidine rings is 1. The van der Waals surface area contributed by atoms with Crippen LogP contribution in [-0.4, -0.2) is 48.4 Å². The second kappa shape index (κ2) is 8.10. The van der Waals surface area contributed by atoms with Crippen molar-refractivity contribution in [3.63, 3.8) is 0 Å². The van der Waals surface area contributed by atoms with Crippen molar-refractivity contribution in [2.24, 2.45) is 5.41 Å². The van der Waals surface area contributed by atoms with Crippen LogP contribution in [0.25, 0.3) is 0 Å². The molecular formula is C16H26N2O4S. The molecule has 2 N–H and O–H groups in total. The molecule has 1 heterocycles. The molecule has 1 atom stereocenters. The van der Waals surface area contributed by atoms with Crippen molar-refractivity contribution in [1.29, 1.82) is 0 Å².